The highest BCUT2D eigenvalue weighted by atomic mass is 16.5. The van der Waals surface area contributed by atoms with Crippen LogP contribution in [0.3, 0.4) is 0 Å². The molecule has 94 valence electrons. The van der Waals surface area contributed by atoms with E-state index in [0.717, 1.165) is 19.5 Å². The Bertz CT molecular complexity index is 479. The number of benzene rings is 1. The predicted molar refractivity (Wildman–Crippen MR) is 67.0 cm³/mol. The van der Waals surface area contributed by atoms with E-state index in [9.17, 15) is 4.79 Å². The molecule has 1 aliphatic rings. The van der Waals surface area contributed by atoms with Crippen molar-refractivity contribution in [2.24, 2.45) is 5.92 Å². The average Bonchev–Trinajstić information content (AvgIpc) is 2.83. The van der Waals surface area contributed by atoms with Gasteiger partial charge < -0.3 is 9.64 Å². The third kappa shape index (κ3) is 2.80. The van der Waals surface area contributed by atoms with Gasteiger partial charge in [-0.25, -0.2) is 0 Å². The van der Waals surface area contributed by atoms with Crippen LogP contribution in [0.5, 0.6) is 5.75 Å². The van der Waals surface area contributed by atoms with E-state index in [4.69, 9.17) is 10.00 Å². The Morgan fingerprint density at radius 2 is 2.33 bits per heavy atom. The molecule has 0 aromatic heterocycles. The molecule has 0 spiro atoms. The van der Waals surface area contributed by atoms with Crippen LogP contribution in [-0.4, -0.2) is 30.5 Å². The molecule has 18 heavy (non-hydrogen) atoms. The zero-order valence-electron chi connectivity index (χ0n) is 10.4. The lowest BCUT2D eigenvalue weighted by Gasteiger charge is -2.16. The monoisotopic (exact) mass is 244 g/mol. The molecule has 1 aromatic rings. The lowest BCUT2D eigenvalue weighted by atomic mass is 10.2. The lowest BCUT2D eigenvalue weighted by molar-refractivity contribution is -0.132. The molecule has 2 rings (SSSR count). The summed E-state index contributed by atoms with van der Waals surface area (Å²) in [5, 5.41) is 8.90. The maximum absolute atomic E-state index is 11.9. The first-order valence-corrected chi connectivity index (χ1v) is 6.10. The highest BCUT2D eigenvalue weighted by Gasteiger charge is 2.23. The van der Waals surface area contributed by atoms with E-state index in [1.165, 1.54) is 0 Å². The molecule has 1 aliphatic heterocycles. The van der Waals surface area contributed by atoms with Crippen molar-refractivity contribution in [3.05, 3.63) is 29.8 Å². The molecule has 1 saturated heterocycles. The van der Waals surface area contributed by atoms with Crippen LogP contribution in [0.4, 0.5) is 0 Å². The molecular formula is C14H16N2O2. The minimum absolute atomic E-state index is 0.00537. The Labute approximate surface area is 107 Å². The molecule has 1 aromatic carbocycles. The van der Waals surface area contributed by atoms with Gasteiger partial charge in [0.15, 0.2) is 6.61 Å². The van der Waals surface area contributed by atoms with Gasteiger partial charge in [-0.15, -0.1) is 0 Å². The van der Waals surface area contributed by atoms with Crippen molar-refractivity contribution < 1.29 is 9.53 Å². The molecular weight excluding hydrogens is 228 g/mol. The first-order chi connectivity index (χ1) is 8.70. The summed E-state index contributed by atoms with van der Waals surface area (Å²) in [6.45, 7) is 3.76. The lowest BCUT2D eigenvalue weighted by Crippen LogP contribution is -2.32. The smallest absolute Gasteiger partial charge is 0.260 e. The van der Waals surface area contributed by atoms with E-state index in [0.29, 0.717) is 17.2 Å². The van der Waals surface area contributed by atoms with Crippen molar-refractivity contribution in [2.45, 2.75) is 13.3 Å². The number of carbonyl (C=O) groups is 1. The number of amides is 1. The molecule has 0 bridgehead atoms. The largest absolute Gasteiger partial charge is 0.482 e. The highest BCUT2D eigenvalue weighted by Crippen LogP contribution is 2.18. The highest BCUT2D eigenvalue weighted by molar-refractivity contribution is 5.78. The van der Waals surface area contributed by atoms with Crippen LogP contribution in [0.1, 0.15) is 18.9 Å². The van der Waals surface area contributed by atoms with E-state index < -0.39 is 0 Å². The Morgan fingerprint density at radius 1 is 1.56 bits per heavy atom. The summed E-state index contributed by atoms with van der Waals surface area (Å²) in [4.78, 5) is 13.7. The van der Waals surface area contributed by atoms with E-state index in [1.54, 1.807) is 24.3 Å². The van der Waals surface area contributed by atoms with Gasteiger partial charge in [0.2, 0.25) is 0 Å². The SMILES string of the molecule is CC1CCN(C(=O)COc2ccccc2C#N)C1. The van der Waals surface area contributed by atoms with Gasteiger partial charge in [-0.1, -0.05) is 19.1 Å². The molecule has 1 fully saturated rings. The second-order valence-electron chi connectivity index (χ2n) is 4.63. The van der Waals surface area contributed by atoms with Gasteiger partial charge in [-0.3, -0.25) is 4.79 Å². The van der Waals surface area contributed by atoms with Crippen LogP contribution in [0.25, 0.3) is 0 Å². The molecule has 1 atom stereocenters. The second-order valence-corrected chi connectivity index (χ2v) is 4.63. The summed E-state index contributed by atoms with van der Waals surface area (Å²) in [6, 6.07) is 8.99. The molecule has 4 nitrogen and oxygen atoms in total. The maximum atomic E-state index is 11.9. The number of likely N-dealkylation sites (tertiary alicyclic amines) is 1. The molecule has 1 unspecified atom stereocenters. The van der Waals surface area contributed by atoms with E-state index in [2.05, 4.69) is 6.92 Å². The van der Waals surface area contributed by atoms with Gasteiger partial charge in [0.05, 0.1) is 5.56 Å². The van der Waals surface area contributed by atoms with Gasteiger partial charge in [-0.2, -0.15) is 5.26 Å². The van der Waals surface area contributed by atoms with Crippen molar-refractivity contribution >= 4 is 5.91 Å². The topological polar surface area (TPSA) is 53.3 Å². The third-order valence-electron chi connectivity index (χ3n) is 3.14. The zero-order valence-corrected chi connectivity index (χ0v) is 10.4. The standard InChI is InChI=1S/C14H16N2O2/c1-11-6-7-16(9-11)14(17)10-18-13-5-3-2-4-12(13)8-15/h2-5,11H,6-7,9-10H2,1H3. The molecule has 0 N–H and O–H groups in total. The van der Waals surface area contributed by atoms with Crippen LogP contribution in [0, 0.1) is 17.2 Å². The number of nitriles is 1. The number of carbonyl (C=O) groups excluding carboxylic acids is 1. The minimum atomic E-state index is -0.00732. The summed E-state index contributed by atoms with van der Waals surface area (Å²) in [7, 11) is 0. The van der Waals surface area contributed by atoms with Crippen LogP contribution >= 0.6 is 0 Å². The summed E-state index contributed by atoms with van der Waals surface area (Å²) in [5.41, 5.74) is 0.458. The number of nitrogens with zero attached hydrogens (tertiary/aromatic N) is 2. The fourth-order valence-corrected chi connectivity index (χ4v) is 2.08. The van der Waals surface area contributed by atoms with E-state index >= 15 is 0 Å². The fourth-order valence-electron chi connectivity index (χ4n) is 2.08. The number of hydrogen-bond acceptors (Lipinski definition) is 3. The van der Waals surface area contributed by atoms with Gasteiger partial charge in [-0.05, 0) is 24.5 Å². The van der Waals surface area contributed by atoms with Gasteiger partial charge >= 0.3 is 0 Å². The number of ether oxygens (including phenoxy) is 1. The van der Waals surface area contributed by atoms with Gasteiger partial charge in [0, 0.05) is 13.1 Å². The van der Waals surface area contributed by atoms with E-state index in [-0.39, 0.29) is 12.5 Å². The van der Waals surface area contributed by atoms with Crippen molar-refractivity contribution in [1.82, 2.24) is 4.90 Å². The Hall–Kier alpha value is -2.02. The summed E-state index contributed by atoms with van der Waals surface area (Å²) >= 11 is 0. The molecule has 0 saturated carbocycles. The van der Waals surface area contributed by atoms with Crippen molar-refractivity contribution in [3.8, 4) is 11.8 Å². The summed E-state index contributed by atoms with van der Waals surface area (Å²) < 4.78 is 5.42. The van der Waals surface area contributed by atoms with Crippen LogP contribution in [0.2, 0.25) is 0 Å². The summed E-state index contributed by atoms with van der Waals surface area (Å²) in [6.07, 6.45) is 1.06. The molecule has 0 radical (unpaired) electrons. The number of para-hydroxylation sites is 1. The Balaban J connectivity index is 1.92. The van der Waals surface area contributed by atoms with Crippen LogP contribution in [0.15, 0.2) is 24.3 Å². The zero-order chi connectivity index (χ0) is 13.0. The van der Waals surface area contributed by atoms with Gasteiger partial charge in [0.25, 0.3) is 5.91 Å². The van der Waals surface area contributed by atoms with Crippen molar-refractivity contribution in [1.29, 1.82) is 5.26 Å². The number of rotatable bonds is 3. The Morgan fingerprint density at radius 3 is 3.00 bits per heavy atom. The summed E-state index contributed by atoms with van der Waals surface area (Å²) in [5.74, 6) is 1.04. The van der Waals surface area contributed by atoms with Crippen LogP contribution < -0.4 is 4.74 Å². The van der Waals surface area contributed by atoms with E-state index in [1.807, 2.05) is 11.0 Å². The van der Waals surface area contributed by atoms with Gasteiger partial charge in [0.1, 0.15) is 11.8 Å². The third-order valence-corrected chi connectivity index (χ3v) is 3.14. The molecule has 1 amide bonds. The quantitative estimate of drug-likeness (QED) is 0.814. The van der Waals surface area contributed by atoms with Crippen LogP contribution in [-0.2, 0) is 4.79 Å². The second kappa shape index (κ2) is 5.54. The average molecular weight is 244 g/mol. The molecule has 0 aliphatic carbocycles. The first-order valence-electron chi connectivity index (χ1n) is 6.10. The predicted octanol–water partition coefficient (Wildman–Crippen LogP) is 1.81. The van der Waals surface area contributed by atoms with Crippen molar-refractivity contribution in [2.75, 3.05) is 19.7 Å². The first kappa shape index (κ1) is 12.4. The Kier molecular flexibility index (Phi) is 3.83. The maximum Gasteiger partial charge on any atom is 0.260 e. The molecule has 4 heteroatoms. The minimum Gasteiger partial charge on any atom is -0.482 e. The van der Waals surface area contributed by atoms with Crippen molar-refractivity contribution in [3.63, 3.8) is 0 Å². The fraction of sp³-hybridized carbons (Fsp3) is 0.429. The normalized spacial score (nSPS) is 18.4. The number of hydrogen-bond donors (Lipinski definition) is 0. The molecule has 1 heterocycles.